The van der Waals surface area contributed by atoms with Crippen LogP contribution in [0.15, 0.2) is 16.9 Å². The van der Waals surface area contributed by atoms with E-state index in [9.17, 15) is 19.7 Å². The average Bonchev–Trinajstić information content (AvgIpc) is 2.23. The van der Waals surface area contributed by atoms with Crippen LogP contribution in [0.4, 0.5) is 5.69 Å². The molecule has 1 aromatic heterocycles. The number of nitro groups is 1. The maximum absolute atomic E-state index is 11.4. The molecule has 0 spiro atoms. The number of esters is 1. The van der Waals surface area contributed by atoms with Gasteiger partial charge in [-0.05, 0) is 6.92 Å². The van der Waals surface area contributed by atoms with E-state index in [0.29, 0.717) is 0 Å². The Kier molecular flexibility index (Phi) is 3.39. The van der Waals surface area contributed by atoms with Crippen molar-refractivity contribution >= 4 is 11.7 Å². The molecule has 7 nitrogen and oxygen atoms in total. The van der Waals surface area contributed by atoms with Crippen molar-refractivity contribution in [1.82, 2.24) is 4.57 Å². The van der Waals surface area contributed by atoms with E-state index >= 15 is 0 Å². The van der Waals surface area contributed by atoms with Crippen molar-refractivity contribution in [3.05, 3.63) is 38.3 Å². The van der Waals surface area contributed by atoms with Crippen LogP contribution in [-0.4, -0.2) is 22.6 Å². The molecule has 0 aromatic carbocycles. The Morgan fingerprint density at radius 1 is 1.56 bits per heavy atom. The lowest BCUT2D eigenvalue weighted by Gasteiger charge is -2.07. The number of carbonyl (C=O) groups is 1. The summed E-state index contributed by atoms with van der Waals surface area (Å²) in [7, 11) is 1.18. The highest BCUT2D eigenvalue weighted by Crippen LogP contribution is 2.14. The summed E-state index contributed by atoms with van der Waals surface area (Å²) in [6, 6.07) is 2.17. The quantitative estimate of drug-likeness (QED) is 0.418. The number of pyridine rings is 1. The van der Waals surface area contributed by atoms with Gasteiger partial charge in [0.1, 0.15) is 6.54 Å². The minimum absolute atomic E-state index is 0.128. The number of rotatable bonds is 3. The fourth-order valence-electron chi connectivity index (χ4n) is 1.25. The number of hydrogen-bond acceptors (Lipinski definition) is 5. The van der Waals surface area contributed by atoms with E-state index in [1.165, 1.54) is 14.0 Å². The topological polar surface area (TPSA) is 91.4 Å². The summed E-state index contributed by atoms with van der Waals surface area (Å²) < 4.78 is 5.40. The van der Waals surface area contributed by atoms with Crippen LogP contribution in [0.2, 0.25) is 0 Å². The molecule has 1 rings (SSSR count). The summed E-state index contributed by atoms with van der Waals surface area (Å²) >= 11 is 0. The van der Waals surface area contributed by atoms with Gasteiger partial charge in [-0.1, -0.05) is 0 Å². The molecule has 7 heteroatoms. The second-order valence-corrected chi connectivity index (χ2v) is 3.06. The molecule has 1 aromatic rings. The van der Waals surface area contributed by atoms with E-state index < -0.39 is 16.5 Å². The van der Waals surface area contributed by atoms with Crippen molar-refractivity contribution in [3.8, 4) is 0 Å². The Labute approximate surface area is 90.4 Å². The first kappa shape index (κ1) is 11.9. The monoisotopic (exact) mass is 226 g/mol. The van der Waals surface area contributed by atoms with Crippen LogP contribution in [0.1, 0.15) is 5.69 Å². The van der Waals surface area contributed by atoms with Gasteiger partial charge in [-0.25, -0.2) is 0 Å². The molecular weight excluding hydrogens is 216 g/mol. The maximum Gasteiger partial charge on any atom is 0.325 e. The molecule has 86 valence electrons. The fourth-order valence-corrected chi connectivity index (χ4v) is 1.25. The Morgan fingerprint density at radius 3 is 2.69 bits per heavy atom. The summed E-state index contributed by atoms with van der Waals surface area (Å²) in [5.41, 5.74) is -0.556. The summed E-state index contributed by atoms with van der Waals surface area (Å²) in [4.78, 5) is 32.4. The van der Waals surface area contributed by atoms with Gasteiger partial charge in [0.05, 0.1) is 17.7 Å². The molecule has 0 atom stereocenters. The fraction of sp³-hybridized carbons (Fsp3) is 0.333. The minimum atomic E-state index is -0.634. The normalized spacial score (nSPS) is 9.88. The van der Waals surface area contributed by atoms with Gasteiger partial charge in [-0.3, -0.25) is 24.3 Å². The van der Waals surface area contributed by atoms with Crippen molar-refractivity contribution in [3.63, 3.8) is 0 Å². The second kappa shape index (κ2) is 4.56. The first-order chi connectivity index (χ1) is 7.47. The zero-order valence-electron chi connectivity index (χ0n) is 8.80. The molecular formula is C9H10N2O5. The second-order valence-electron chi connectivity index (χ2n) is 3.06. The molecule has 0 N–H and O–H groups in total. The minimum Gasteiger partial charge on any atom is -0.468 e. The molecule has 0 aliphatic heterocycles. The summed E-state index contributed by atoms with van der Waals surface area (Å²) in [6.45, 7) is 1.07. The molecule has 16 heavy (non-hydrogen) atoms. The van der Waals surface area contributed by atoms with Gasteiger partial charge >= 0.3 is 5.97 Å². The van der Waals surface area contributed by atoms with Crippen LogP contribution in [0.3, 0.4) is 0 Å². The molecule has 0 aliphatic rings. The number of nitrogens with zero attached hydrogens (tertiary/aromatic N) is 2. The molecule has 0 aliphatic carbocycles. The van der Waals surface area contributed by atoms with Crippen LogP contribution >= 0.6 is 0 Å². The van der Waals surface area contributed by atoms with Crippen molar-refractivity contribution in [2.75, 3.05) is 7.11 Å². The third kappa shape index (κ3) is 2.25. The van der Waals surface area contributed by atoms with Gasteiger partial charge in [0.15, 0.2) is 0 Å². The lowest BCUT2D eigenvalue weighted by atomic mass is 10.3. The molecule has 0 saturated carbocycles. The van der Waals surface area contributed by atoms with E-state index in [4.69, 9.17) is 0 Å². The van der Waals surface area contributed by atoms with Crippen LogP contribution in [-0.2, 0) is 16.1 Å². The summed E-state index contributed by atoms with van der Waals surface area (Å²) in [5.74, 6) is -0.634. The van der Waals surface area contributed by atoms with Gasteiger partial charge in [0, 0.05) is 12.1 Å². The Bertz CT molecular complexity index is 491. The number of hydrogen-bond donors (Lipinski definition) is 0. The lowest BCUT2D eigenvalue weighted by molar-refractivity contribution is -0.386. The highest BCUT2D eigenvalue weighted by atomic mass is 16.6. The predicted molar refractivity (Wildman–Crippen MR) is 54.1 cm³/mol. The largest absolute Gasteiger partial charge is 0.468 e. The van der Waals surface area contributed by atoms with E-state index in [1.807, 2.05) is 0 Å². The number of ether oxygens (including phenoxy) is 1. The van der Waals surface area contributed by atoms with Gasteiger partial charge in [-0.2, -0.15) is 0 Å². The van der Waals surface area contributed by atoms with Gasteiger partial charge in [0.25, 0.3) is 11.2 Å². The Balaban J connectivity index is 3.27. The number of methoxy groups -OCH3 is 1. The van der Waals surface area contributed by atoms with Crippen molar-refractivity contribution in [1.29, 1.82) is 0 Å². The number of aromatic nitrogens is 1. The third-order valence-electron chi connectivity index (χ3n) is 2.14. The molecule has 0 fully saturated rings. The van der Waals surface area contributed by atoms with E-state index in [-0.39, 0.29) is 17.9 Å². The lowest BCUT2D eigenvalue weighted by Crippen LogP contribution is -2.26. The number of carbonyl (C=O) groups excluding carboxylic acids is 1. The summed E-state index contributed by atoms with van der Waals surface area (Å²) in [5, 5.41) is 10.6. The molecule has 0 saturated heterocycles. The highest BCUT2D eigenvalue weighted by molar-refractivity contribution is 5.69. The van der Waals surface area contributed by atoms with Crippen molar-refractivity contribution in [2.45, 2.75) is 13.5 Å². The summed E-state index contributed by atoms with van der Waals surface area (Å²) in [6.07, 6.45) is 0. The zero-order valence-corrected chi connectivity index (χ0v) is 8.80. The average molecular weight is 226 g/mol. The predicted octanol–water partition coefficient (Wildman–Crippen LogP) is 0.238. The van der Waals surface area contributed by atoms with Crippen LogP contribution in [0, 0.1) is 17.0 Å². The van der Waals surface area contributed by atoms with Crippen LogP contribution in [0.5, 0.6) is 0 Å². The standard InChI is InChI=1S/C9H10N2O5/c1-6-7(11(14)15)3-4-8(12)10(6)5-9(13)16-2/h3-4H,5H2,1-2H3. The van der Waals surface area contributed by atoms with E-state index in [0.717, 1.165) is 16.7 Å². The van der Waals surface area contributed by atoms with Crippen LogP contribution in [0.25, 0.3) is 0 Å². The Morgan fingerprint density at radius 2 is 2.19 bits per heavy atom. The molecule has 0 amide bonds. The third-order valence-corrected chi connectivity index (χ3v) is 2.14. The van der Waals surface area contributed by atoms with Gasteiger partial charge < -0.3 is 4.74 Å². The zero-order chi connectivity index (χ0) is 12.3. The van der Waals surface area contributed by atoms with Gasteiger partial charge in [0.2, 0.25) is 0 Å². The first-order valence-corrected chi connectivity index (χ1v) is 4.39. The SMILES string of the molecule is COC(=O)Cn1c(C)c([N+](=O)[O-])ccc1=O. The van der Waals surface area contributed by atoms with Crippen molar-refractivity contribution < 1.29 is 14.5 Å². The molecule has 1 heterocycles. The first-order valence-electron chi connectivity index (χ1n) is 4.39. The molecule has 0 radical (unpaired) electrons. The maximum atomic E-state index is 11.4. The van der Waals surface area contributed by atoms with Gasteiger partial charge in [-0.15, -0.1) is 0 Å². The van der Waals surface area contributed by atoms with E-state index in [1.54, 1.807) is 0 Å². The van der Waals surface area contributed by atoms with Crippen LogP contribution < -0.4 is 5.56 Å². The van der Waals surface area contributed by atoms with E-state index in [2.05, 4.69) is 4.74 Å². The Hall–Kier alpha value is -2.18. The van der Waals surface area contributed by atoms with Crippen molar-refractivity contribution in [2.24, 2.45) is 0 Å². The highest BCUT2D eigenvalue weighted by Gasteiger charge is 2.16. The molecule has 0 unspecified atom stereocenters. The molecule has 0 bridgehead atoms. The smallest absolute Gasteiger partial charge is 0.325 e.